The molecule has 10 heteroatoms. The van der Waals surface area contributed by atoms with E-state index < -0.39 is 0 Å². The molecule has 0 aliphatic rings. The highest BCUT2D eigenvalue weighted by Crippen LogP contribution is 2.15. The van der Waals surface area contributed by atoms with Gasteiger partial charge in [0.05, 0.1) is 18.8 Å². The Morgan fingerprint density at radius 2 is 1.52 bits per heavy atom. The Labute approximate surface area is 180 Å². The van der Waals surface area contributed by atoms with Gasteiger partial charge in [-0.05, 0) is 52.9 Å². The molecule has 2 N–H and O–H groups in total. The second kappa shape index (κ2) is 9.43. The molecule has 3 heterocycles. The fraction of sp³-hybridized carbons (Fsp3) is 0.333. The molecular weight excluding hydrogens is 396 g/mol. The first-order chi connectivity index (χ1) is 14.7. The van der Waals surface area contributed by atoms with Crippen molar-refractivity contribution in [1.82, 2.24) is 29.6 Å². The molecule has 0 spiro atoms. The summed E-state index contributed by atoms with van der Waals surface area (Å²) in [6.07, 6.45) is 0. The summed E-state index contributed by atoms with van der Waals surface area (Å²) in [6, 6.07) is 9.00. The van der Waals surface area contributed by atoms with Crippen LogP contribution >= 0.6 is 0 Å². The molecule has 0 bridgehead atoms. The van der Waals surface area contributed by atoms with Crippen LogP contribution in [0, 0.1) is 27.7 Å². The van der Waals surface area contributed by atoms with Gasteiger partial charge in [-0.15, -0.1) is 0 Å². The highest BCUT2D eigenvalue weighted by atomic mass is 16.2. The molecule has 10 nitrogen and oxygen atoms in total. The molecule has 3 rings (SSSR count). The zero-order valence-corrected chi connectivity index (χ0v) is 18.3. The highest BCUT2D eigenvalue weighted by Gasteiger charge is 2.16. The molecule has 0 fully saturated rings. The number of hydrogen-bond donors (Lipinski definition) is 2. The third kappa shape index (κ3) is 6.16. The molecule has 162 valence electrons. The lowest BCUT2D eigenvalue weighted by Gasteiger charge is -2.16. The maximum atomic E-state index is 12.6. The minimum absolute atomic E-state index is 0.0204. The summed E-state index contributed by atoms with van der Waals surface area (Å²) in [6.45, 7) is 7.48. The second-order valence-corrected chi connectivity index (χ2v) is 7.47. The van der Waals surface area contributed by atoms with Crippen LogP contribution in [-0.4, -0.2) is 61.6 Å². The molecular formula is C21H26N8O2. The monoisotopic (exact) mass is 422 g/mol. The zero-order chi connectivity index (χ0) is 22.5. The van der Waals surface area contributed by atoms with Crippen LogP contribution in [0.1, 0.15) is 22.8 Å². The van der Waals surface area contributed by atoms with Crippen molar-refractivity contribution in [2.75, 3.05) is 30.8 Å². The van der Waals surface area contributed by atoms with Crippen LogP contribution in [0.2, 0.25) is 0 Å². The lowest BCUT2D eigenvalue weighted by atomic mass is 10.3. The lowest BCUT2D eigenvalue weighted by molar-refractivity contribution is -0.119. The van der Waals surface area contributed by atoms with Crippen LogP contribution in [-0.2, 0) is 9.59 Å². The molecule has 0 saturated carbocycles. The zero-order valence-electron chi connectivity index (χ0n) is 18.3. The van der Waals surface area contributed by atoms with E-state index in [-0.39, 0.29) is 24.9 Å². The Balaban J connectivity index is 1.61. The number of likely N-dealkylation sites (N-methyl/N-ethyl adjacent to an activating group) is 1. The summed E-state index contributed by atoms with van der Waals surface area (Å²) in [5.41, 5.74) is 3.14. The molecule has 31 heavy (non-hydrogen) atoms. The summed E-state index contributed by atoms with van der Waals surface area (Å²) in [5.74, 6) is 0.803. The Kier molecular flexibility index (Phi) is 6.71. The maximum absolute atomic E-state index is 12.6. The van der Waals surface area contributed by atoms with Gasteiger partial charge in [0.15, 0.2) is 0 Å². The summed E-state index contributed by atoms with van der Waals surface area (Å²) < 4.78 is 1.50. The molecule has 0 unspecified atom stereocenters. The van der Waals surface area contributed by atoms with Crippen LogP contribution in [0.4, 0.5) is 11.6 Å². The van der Waals surface area contributed by atoms with Gasteiger partial charge in [0, 0.05) is 23.1 Å². The summed E-state index contributed by atoms with van der Waals surface area (Å²) in [5, 5.41) is 9.94. The first-order valence-electron chi connectivity index (χ1n) is 9.81. The fourth-order valence-electron chi connectivity index (χ4n) is 3.07. The third-order valence-corrected chi connectivity index (χ3v) is 4.24. The van der Waals surface area contributed by atoms with Crippen LogP contribution in [0.15, 0.2) is 30.3 Å². The molecule has 3 aromatic heterocycles. The maximum Gasteiger partial charge on any atom is 0.252 e. The van der Waals surface area contributed by atoms with Crippen molar-refractivity contribution in [1.29, 1.82) is 0 Å². The first-order valence-corrected chi connectivity index (χ1v) is 9.81. The van der Waals surface area contributed by atoms with Gasteiger partial charge in [0.1, 0.15) is 11.6 Å². The average Bonchev–Trinajstić information content (AvgIpc) is 3.00. The predicted octanol–water partition coefficient (Wildman–Crippen LogP) is 1.80. The van der Waals surface area contributed by atoms with Gasteiger partial charge < -0.3 is 10.6 Å². The van der Waals surface area contributed by atoms with Gasteiger partial charge in [0.25, 0.3) is 5.95 Å². The van der Waals surface area contributed by atoms with Gasteiger partial charge in [0.2, 0.25) is 11.8 Å². The minimum atomic E-state index is -0.283. The number of nitrogens with one attached hydrogen (secondary N) is 2. The molecule has 0 aliphatic carbocycles. The summed E-state index contributed by atoms with van der Waals surface area (Å²) in [7, 11) is 1.69. The molecule has 3 aromatic rings. The smallest absolute Gasteiger partial charge is 0.252 e. The van der Waals surface area contributed by atoms with Gasteiger partial charge in [-0.2, -0.15) is 9.78 Å². The van der Waals surface area contributed by atoms with Crippen molar-refractivity contribution in [3.8, 4) is 5.95 Å². The number of pyridine rings is 1. The second-order valence-electron chi connectivity index (χ2n) is 7.47. The number of rotatable bonds is 7. The van der Waals surface area contributed by atoms with E-state index in [9.17, 15) is 9.59 Å². The molecule has 0 saturated heterocycles. The fourth-order valence-corrected chi connectivity index (χ4v) is 3.07. The Hall–Kier alpha value is -3.66. The van der Waals surface area contributed by atoms with Gasteiger partial charge in [-0.3, -0.25) is 14.5 Å². The van der Waals surface area contributed by atoms with Crippen molar-refractivity contribution in [3.05, 3.63) is 53.1 Å². The van der Waals surface area contributed by atoms with Gasteiger partial charge in [-0.1, -0.05) is 6.07 Å². The molecule has 0 aliphatic heterocycles. The van der Waals surface area contributed by atoms with E-state index in [2.05, 4.69) is 30.7 Å². The number of hydrogen-bond acceptors (Lipinski definition) is 7. The Bertz CT molecular complexity index is 1090. The molecule has 0 atom stereocenters. The summed E-state index contributed by atoms with van der Waals surface area (Å²) in [4.78, 5) is 39.4. The number of carbonyl (C=O) groups is 2. The van der Waals surface area contributed by atoms with Crippen molar-refractivity contribution in [2.45, 2.75) is 27.7 Å². The number of aromatic nitrogens is 5. The highest BCUT2D eigenvalue weighted by molar-refractivity contribution is 5.94. The van der Waals surface area contributed by atoms with Crippen LogP contribution in [0.25, 0.3) is 5.95 Å². The van der Waals surface area contributed by atoms with E-state index in [1.54, 1.807) is 24.1 Å². The number of carbonyl (C=O) groups excluding carboxylic acids is 2. The predicted molar refractivity (Wildman–Crippen MR) is 117 cm³/mol. The Morgan fingerprint density at radius 3 is 2.16 bits per heavy atom. The van der Waals surface area contributed by atoms with Crippen LogP contribution in [0.5, 0.6) is 0 Å². The van der Waals surface area contributed by atoms with E-state index in [1.165, 1.54) is 4.68 Å². The number of anilines is 2. The lowest BCUT2D eigenvalue weighted by Crippen LogP contribution is -2.36. The molecule has 0 radical (unpaired) electrons. The van der Waals surface area contributed by atoms with E-state index in [4.69, 9.17) is 0 Å². The quantitative estimate of drug-likeness (QED) is 0.596. The summed E-state index contributed by atoms with van der Waals surface area (Å²) >= 11 is 0. The van der Waals surface area contributed by atoms with Crippen molar-refractivity contribution in [2.24, 2.45) is 0 Å². The van der Waals surface area contributed by atoms with Gasteiger partial charge in [-0.25, -0.2) is 15.0 Å². The Morgan fingerprint density at radius 1 is 0.871 bits per heavy atom. The normalized spacial score (nSPS) is 10.9. The molecule has 0 aromatic carbocycles. The average molecular weight is 422 g/mol. The van der Waals surface area contributed by atoms with Gasteiger partial charge >= 0.3 is 0 Å². The van der Waals surface area contributed by atoms with E-state index >= 15 is 0 Å². The topological polar surface area (TPSA) is 118 Å². The van der Waals surface area contributed by atoms with E-state index in [1.807, 2.05) is 45.9 Å². The van der Waals surface area contributed by atoms with E-state index in [0.29, 0.717) is 17.6 Å². The standard InChI is InChI=1S/C21H26N8O2/c1-13-7-6-8-17(22-13)25-19(30)11-28(5)12-20(31)26-18-10-16(4)27-29(18)21-23-14(2)9-15(3)24-21/h6-10H,11-12H2,1-5H3,(H,26,31)(H,22,25,30). The minimum Gasteiger partial charge on any atom is -0.310 e. The van der Waals surface area contributed by atoms with Crippen LogP contribution in [0.3, 0.4) is 0 Å². The largest absolute Gasteiger partial charge is 0.310 e. The van der Waals surface area contributed by atoms with Crippen molar-refractivity contribution < 1.29 is 9.59 Å². The van der Waals surface area contributed by atoms with Crippen molar-refractivity contribution in [3.63, 3.8) is 0 Å². The van der Waals surface area contributed by atoms with Crippen molar-refractivity contribution >= 4 is 23.5 Å². The SMILES string of the molecule is Cc1cccc(NC(=O)CN(C)CC(=O)Nc2cc(C)nn2-c2nc(C)cc(C)n2)n1. The molecule has 2 amide bonds. The number of aryl methyl sites for hydroxylation is 4. The van der Waals surface area contributed by atoms with Crippen LogP contribution < -0.4 is 10.6 Å². The van der Waals surface area contributed by atoms with E-state index in [0.717, 1.165) is 22.8 Å². The number of amides is 2. The first kappa shape index (κ1) is 22.0. The number of nitrogens with zero attached hydrogens (tertiary/aromatic N) is 6. The third-order valence-electron chi connectivity index (χ3n) is 4.24.